The van der Waals surface area contributed by atoms with Crippen LogP contribution in [-0.4, -0.2) is 33.1 Å². The molecule has 0 radical (unpaired) electrons. The molecule has 2 unspecified atom stereocenters. The number of aliphatic hydroxyl groups excluding tert-OH is 1. The van der Waals surface area contributed by atoms with E-state index in [4.69, 9.17) is 11.6 Å². The van der Waals surface area contributed by atoms with E-state index in [-0.39, 0.29) is 40.9 Å². The molecule has 1 saturated carbocycles. The van der Waals surface area contributed by atoms with Crippen LogP contribution >= 0.6 is 11.6 Å². The third kappa shape index (κ3) is 3.79. The van der Waals surface area contributed by atoms with Crippen LogP contribution in [0.25, 0.3) is 0 Å². The summed E-state index contributed by atoms with van der Waals surface area (Å²) in [6, 6.07) is 0. The van der Waals surface area contributed by atoms with Gasteiger partial charge in [-0.05, 0) is 43.2 Å². The van der Waals surface area contributed by atoms with Gasteiger partial charge in [-0.3, -0.25) is 10.1 Å². The van der Waals surface area contributed by atoms with Gasteiger partial charge in [0.05, 0.1) is 4.92 Å². The average molecular weight is 315 g/mol. The summed E-state index contributed by atoms with van der Waals surface area (Å²) in [6.07, 6.45) is 4.24. The second kappa shape index (κ2) is 7.00. The number of halogens is 1. The number of nitro groups is 1. The maximum Gasteiger partial charge on any atom is 0.332 e. The number of nitrogens with zero attached hydrogens (tertiary/aromatic N) is 3. The number of aromatic nitrogens is 2. The van der Waals surface area contributed by atoms with E-state index in [1.54, 1.807) is 0 Å². The van der Waals surface area contributed by atoms with E-state index in [1.165, 1.54) is 6.92 Å². The Hall–Kier alpha value is -1.47. The second-order valence-electron chi connectivity index (χ2n) is 5.40. The van der Waals surface area contributed by atoms with Gasteiger partial charge in [-0.25, -0.2) is 4.98 Å². The molecule has 0 aromatic carbocycles. The molecule has 2 rings (SSSR count). The molecule has 1 fully saturated rings. The highest BCUT2D eigenvalue weighted by Crippen LogP contribution is 2.31. The summed E-state index contributed by atoms with van der Waals surface area (Å²) < 4.78 is 0. The Balaban J connectivity index is 2.13. The first-order valence-corrected chi connectivity index (χ1v) is 7.44. The molecule has 2 N–H and O–H groups in total. The van der Waals surface area contributed by atoms with Crippen LogP contribution in [0.15, 0.2) is 0 Å². The topological polar surface area (TPSA) is 101 Å². The molecule has 1 aliphatic rings. The maximum atomic E-state index is 11.1. The normalized spacial score (nSPS) is 22.0. The molecule has 0 amide bonds. The molecule has 0 spiro atoms. The Kier molecular flexibility index (Phi) is 5.30. The largest absolute Gasteiger partial charge is 0.396 e. The Bertz CT molecular complexity index is 526. The summed E-state index contributed by atoms with van der Waals surface area (Å²) in [6.45, 7) is 2.23. The van der Waals surface area contributed by atoms with Gasteiger partial charge in [0.2, 0.25) is 11.1 Å². The fraction of sp³-hybridized carbons (Fsp3) is 0.692. The minimum Gasteiger partial charge on any atom is -0.396 e. The van der Waals surface area contributed by atoms with Gasteiger partial charge in [0.15, 0.2) is 0 Å². The average Bonchev–Trinajstić information content (AvgIpc) is 2.44. The summed E-state index contributed by atoms with van der Waals surface area (Å²) in [5.74, 6) is 0.681. The number of hydrogen-bond donors (Lipinski definition) is 2. The zero-order chi connectivity index (χ0) is 15.4. The maximum absolute atomic E-state index is 11.1. The number of rotatable bonds is 5. The van der Waals surface area contributed by atoms with Crippen LogP contribution < -0.4 is 5.32 Å². The molecule has 2 atom stereocenters. The lowest BCUT2D eigenvalue weighted by Gasteiger charge is -2.30. The third-order valence-corrected chi connectivity index (χ3v) is 4.22. The smallest absolute Gasteiger partial charge is 0.332 e. The van der Waals surface area contributed by atoms with E-state index in [1.807, 2.05) is 0 Å². The summed E-state index contributed by atoms with van der Waals surface area (Å²) in [5.41, 5.74) is 0.0978. The lowest BCUT2D eigenvalue weighted by Crippen LogP contribution is -2.29. The Morgan fingerprint density at radius 2 is 2.05 bits per heavy atom. The summed E-state index contributed by atoms with van der Waals surface area (Å²) in [7, 11) is 0. The minimum absolute atomic E-state index is 0.0112. The van der Waals surface area contributed by atoms with Crippen LogP contribution in [0.3, 0.4) is 0 Å². The Morgan fingerprint density at radius 1 is 1.38 bits per heavy atom. The fourth-order valence-electron chi connectivity index (χ4n) is 2.90. The molecule has 21 heavy (non-hydrogen) atoms. The van der Waals surface area contributed by atoms with E-state index in [0.29, 0.717) is 6.54 Å². The van der Waals surface area contributed by atoms with Crippen molar-refractivity contribution in [2.45, 2.75) is 32.6 Å². The van der Waals surface area contributed by atoms with Crippen molar-refractivity contribution in [2.24, 2.45) is 11.8 Å². The summed E-state index contributed by atoms with van der Waals surface area (Å²) in [5, 5.41) is 23.5. The quantitative estimate of drug-likeness (QED) is 0.492. The molecule has 0 bridgehead atoms. The lowest BCUT2D eigenvalue weighted by atomic mass is 9.79. The minimum atomic E-state index is -0.502. The molecule has 1 heterocycles. The van der Waals surface area contributed by atoms with Gasteiger partial charge in [-0.1, -0.05) is 12.8 Å². The van der Waals surface area contributed by atoms with E-state index in [9.17, 15) is 15.2 Å². The van der Waals surface area contributed by atoms with Crippen molar-refractivity contribution >= 4 is 23.1 Å². The monoisotopic (exact) mass is 314 g/mol. The molecule has 0 aliphatic heterocycles. The number of aryl methyl sites for hydroxylation is 1. The van der Waals surface area contributed by atoms with Gasteiger partial charge in [0.1, 0.15) is 5.69 Å². The predicted molar refractivity (Wildman–Crippen MR) is 79.5 cm³/mol. The number of anilines is 1. The van der Waals surface area contributed by atoms with Gasteiger partial charge in [-0.2, -0.15) is 4.98 Å². The molecule has 116 valence electrons. The van der Waals surface area contributed by atoms with Crippen LogP contribution in [0.2, 0.25) is 5.28 Å². The van der Waals surface area contributed by atoms with Crippen molar-refractivity contribution in [3.8, 4) is 0 Å². The zero-order valence-electron chi connectivity index (χ0n) is 11.9. The molecule has 7 nitrogen and oxygen atoms in total. The first kappa shape index (κ1) is 15.9. The van der Waals surface area contributed by atoms with Crippen molar-refractivity contribution in [2.75, 3.05) is 18.5 Å². The van der Waals surface area contributed by atoms with Gasteiger partial charge >= 0.3 is 5.69 Å². The number of hydrogen-bond acceptors (Lipinski definition) is 6. The van der Waals surface area contributed by atoms with Gasteiger partial charge in [0.25, 0.3) is 0 Å². The van der Waals surface area contributed by atoms with Crippen molar-refractivity contribution in [1.82, 2.24) is 9.97 Å². The summed E-state index contributed by atoms with van der Waals surface area (Å²) >= 11 is 5.78. The summed E-state index contributed by atoms with van der Waals surface area (Å²) in [4.78, 5) is 18.4. The van der Waals surface area contributed by atoms with Gasteiger partial charge in [0, 0.05) is 13.2 Å². The molecule has 8 heteroatoms. The third-order valence-electron chi connectivity index (χ3n) is 4.05. The number of aliphatic hydroxyl groups is 1. The van der Waals surface area contributed by atoms with Crippen molar-refractivity contribution in [3.05, 3.63) is 21.1 Å². The predicted octanol–water partition coefficient (Wildman–Crippen LogP) is 2.56. The molecule has 0 saturated heterocycles. The van der Waals surface area contributed by atoms with Crippen molar-refractivity contribution in [3.63, 3.8) is 0 Å². The molecular weight excluding hydrogens is 296 g/mol. The highest BCUT2D eigenvalue weighted by atomic mass is 35.5. The van der Waals surface area contributed by atoms with Crippen molar-refractivity contribution < 1.29 is 10.0 Å². The lowest BCUT2D eigenvalue weighted by molar-refractivity contribution is -0.385. The van der Waals surface area contributed by atoms with Crippen LogP contribution in [-0.2, 0) is 0 Å². The fourth-order valence-corrected chi connectivity index (χ4v) is 3.11. The van der Waals surface area contributed by atoms with E-state index in [2.05, 4.69) is 15.3 Å². The SMILES string of the molecule is Cc1nc(Cl)nc(NCC2CCCCC2CO)c1[N+](=O)[O-]. The van der Waals surface area contributed by atoms with E-state index >= 15 is 0 Å². The molecular formula is C13H19ClN4O3. The van der Waals surface area contributed by atoms with Crippen LogP contribution in [0.5, 0.6) is 0 Å². The number of nitrogens with one attached hydrogen (secondary N) is 1. The standard InChI is InChI=1S/C13H19ClN4O3/c1-8-11(18(20)21)12(17-13(14)16-8)15-6-9-4-2-3-5-10(9)7-19/h9-10,19H,2-7H2,1H3,(H,15,16,17). The Morgan fingerprint density at radius 3 is 2.67 bits per heavy atom. The first-order chi connectivity index (χ1) is 10.0. The zero-order valence-corrected chi connectivity index (χ0v) is 12.6. The first-order valence-electron chi connectivity index (χ1n) is 7.06. The molecule has 1 aliphatic carbocycles. The van der Waals surface area contributed by atoms with E-state index in [0.717, 1.165) is 25.7 Å². The van der Waals surface area contributed by atoms with Crippen LogP contribution in [0, 0.1) is 28.9 Å². The van der Waals surface area contributed by atoms with Gasteiger partial charge in [-0.15, -0.1) is 0 Å². The van der Waals surface area contributed by atoms with Crippen LogP contribution in [0.1, 0.15) is 31.4 Å². The molecule has 1 aromatic heterocycles. The van der Waals surface area contributed by atoms with Crippen LogP contribution in [0.4, 0.5) is 11.5 Å². The second-order valence-corrected chi connectivity index (χ2v) is 5.74. The highest BCUT2D eigenvalue weighted by molar-refractivity contribution is 6.28. The Labute approximate surface area is 127 Å². The van der Waals surface area contributed by atoms with Crippen molar-refractivity contribution in [1.29, 1.82) is 0 Å². The molecule has 1 aromatic rings. The highest BCUT2D eigenvalue weighted by Gasteiger charge is 2.27. The van der Waals surface area contributed by atoms with E-state index < -0.39 is 4.92 Å². The van der Waals surface area contributed by atoms with Gasteiger partial charge < -0.3 is 10.4 Å².